The quantitative estimate of drug-likeness (QED) is 0.493. The molecule has 0 radical (unpaired) electrons. The summed E-state index contributed by atoms with van der Waals surface area (Å²) in [7, 11) is 0. The van der Waals surface area contributed by atoms with E-state index in [-0.39, 0.29) is 12.5 Å². The van der Waals surface area contributed by atoms with Gasteiger partial charge in [0.15, 0.2) is 5.82 Å². The topological polar surface area (TPSA) is 99.8 Å². The second kappa shape index (κ2) is 8.51. The molecule has 0 saturated carbocycles. The van der Waals surface area contributed by atoms with Crippen molar-refractivity contribution in [3.63, 3.8) is 0 Å². The first-order chi connectivity index (χ1) is 14.2. The molecule has 0 saturated heterocycles. The number of carbonyl (C=O) groups excluding carboxylic acids is 1. The number of hydrogen-bond donors (Lipinski definition) is 1. The third-order valence-corrected chi connectivity index (χ3v) is 4.54. The Morgan fingerprint density at radius 2 is 2.07 bits per heavy atom. The maximum Gasteiger partial charge on any atom is 0.251 e. The molecule has 148 valence electrons. The van der Waals surface area contributed by atoms with E-state index in [4.69, 9.17) is 4.74 Å². The lowest BCUT2D eigenvalue weighted by Gasteiger charge is -2.09. The number of aromatic nitrogens is 6. The third kappa shape index (κ3) is 4.23. The summed E-state index contributed by atoms with van der Waals surface area (Å²) in [6.45, 7) is 4.00. The van der Waals surface area contributed by atoms with E-state index in [0.717, 1.165) is 11.0 Å². The van der Waals surface area contributed by atoms with Crippen molar-refractivity contribution in [1.29, 1.82) is 0 Å². The number of aryl methyl sites for hydroxylation is 1. The molecule has 0 aliphatic heterocycles. The van der Waals surface area contributed by atoms with Crippen LogP contribution >= 0.6 is 0 Å². The van der Waals surface area contributed by atoms with Crippen LogP contribution < -0.4 is 10.1 Å². The van der Waals surface area contributed by atoms with Crippen LogP contribution in [0.4, 0.5) is 0 Å². The van der Waals surface area contributed by atoms with E-state index < -0.39 is 0 Å². The molecule has 0 unspecified atom stereocenters. The van der Waals surface area contributed by atoms with E-state index in [1.54, 1.807) is 35.3 Å². The summed E-state index contributed by atoms with van der Waals surface area (Å²) in [5.41, 5.74) is 2.53. The highest BCUT2D eigenvalue weighted by molar-refractivity contribution is 5.94. The van der Waals surface area contributed by atoms with E-state index in [9.17, 15) is 4.79 Å². The summed E-state index contributed by atoms with van der Waals surface area (Å²) < 4.78 is 9.42. The number of hydrogen-bond acceptors (Lipinski definition) is 6. The lowest BCUT2D eigenvalue weighted by Crippen LogP contribution is -2.27. The second-order valence-corrected chi connectivity index (χ2v) is 6.41. The molecule has 0 atom stereocenters. The maximum atomic E-state index is 12.5. The van der Waals surface area contributed by atoms with E-state index in [1.807, 2.05) is 35.8 Å². The largest absolute Gasteiger partial charge is 0.486 e. The number of tetrazole rings is 1. The van der Waals surface area contributed by atoms with Crippen molar-refractivity contribution in [3.8, 4) is 5.75 Å². The minimum atomic E-state index is -0.154. The molecule has 2 aromatic heterocycles. The molecule has 2 heterocycles. The van der Waals surface area contributed by atoms with Crippen LogP contribution in [0.3, 0.4) is 0 Å². The number of amides is 1. The van der Waals surface area contributed by atoms with Crippen LogP contribution in [-0.4, -0.2) is 42.2 Å². The first-order valence-electron chi connectivity index (χ1n) is 9.40. The van der Waals surface area contributed by atoms with Crippen molar-refractivity contribution in [2.24, 2.45) is 0 Å². The van der Waals surface area contributed by atoms with Crippen LogP contribution in [0.15, 0.2) is 54.9 Å². The summed E-state index contributed by atoms with van der Waals surface area (Å²) >= 11 is 0. The number of carbonyl (C=O) groups is 1. The molecule has 0 aliphatic carbocycles. The monoisotopic (exact) mass is 391 g/mol. The lowest BCUT2D eigenvalue weighted by molar-refractivity contribution is 0.0952. The van der Waals surface area contributed by atoms with Crippen molar-refractivity contribution >= 4 is 16.9 Å². The van der Waals surface area contributed by atoms with Crippen LogP contribution in [0, 0.1) is 0 Å². The summed E-state index contributed by atoms with van der Waals surface area (Å²) in [6.07, 6.45) is 1.79. The van der Waals surface area contributed by atoms with Crippen molar-refractivity contribution < 1.29 is 9.53 Å². The molecule has 9 nitrogen and oxygen atoms in total. The maximum absolute atomic E-state index is 12.5. The fraction of sp³-hybridized carbons (Fsp3) is 0.250. The van der Waals surface area contributed by atoms with Crippen molar-refractivity contribution in [2.75, 3.05) is 6.54 Å². The molecule has 0 aliphatic rings. The van der Waals surface area contributed by atoms with E-state index in [2.05, 4.69) is 25.8 Å². The molecule has 2 aromatic carbocycles. The average molecular weight is 391 g/mol. The molecule has 1 amide bonds. The van der Waals surface area contributed by atoms with Gasteiger partial charge in [-0.25, -0.2) is 9.67 Å². The zero-order valence-electron chi connectivity index (χ0n) is 16.0. The predicted molar refractivity (Wildman–Crippen MR) is 106 cm³/mol. The van der Waals surface area contributed by atoms with Gasteiger partial charge in [-0.05, 0) is 47.7 Å². The van der Waals surface area contributed by atoms with Gasteiger partial charge in [-0.3, -0.25) is 4.79 Å². The van der Waals surface area contributed by atoms with Crippen LogP contribution in [0.2, 0.25) is 0 Å². The third-order valence-electron chi connectivity index (χ3n) is 4.54. The summed E-state index contributed by atoms with van der Waals surface area (Å²) in [4.78, 5) is 16.9. The van der Waals surface area contributed by atoms with Gasteiger partial charge in [0, 0.05) is 25.2 Å². The minimum absolute atomic E-state index is 0.154. The van der Waals surface area contributed by atoms with Gasteiger partial charge in [-0.2, -0.15) is 0 Å². The number of imidazole rings is 1. The Balaban J connectivity index is 1.33. The van der Waals surface area contributed by atoms with Gasteiger partial charge in [0.2, 0.25) is 0 Å². The Morgan fingerprint density at radius 3 is 2.97 bits per heavy atom. The Bertz CT molecular complexity index is 1120. The van der Waals surface area contributed by atoms with Gasteiger partial charge in [0.1, 0.15) is 12.4 Å². The number of ether oxygens (including phenoxy) is 1. The van der Waals surface area contributed by atoms with Crippen LogP contribution in [0.1, 0.15) is 23.1 Å². The number of nitrogens with one attached hydrogen (secondary N) is 1. The van der Waals surface area contributed by atoms with Gasteiger partial charge in [0.25, 0.3) is 5.91 Å². The van der Waals surface area contributed by atoms with Gasteiger partial charge < -0.3 is 14.6 Å². The van der Waals surface area contributed by atoms with Gasteiger partial charge in [-0.15, -0.1) is 5.10 Å². The highest BCUT2D eigenvalue weighted by atomic mass is 16.5. The molecular weight excluding hydrogens is 370 g/mol. The molecule has 4 aromatic rings. The zero-order valence-corrected chi connectivity index (χ0v) is 16.0. The molecule has 4 rings (SSSR count). The van der Waals surface area contributed by atoms with Gasteiger partial charge in [0.05, 0.1) is 17.4 Å². The fourth-order valence-electron chi connectivity index (χ4n) is 3.03. The average Bonchev–Trinajstić information content (AvgIpc) is 3.39. The van der Waals surface area contributed by atoms with Crippen LogP contribution in [0.25, 0.3) is 11.0 Å². The predicted octanol–water partition coefficient (Wildman–Crippen LogP) is 2.05. The molecule has 9 heteroatoms. The number of para-hydroxylation sites is 2. The fourth-order valence-corrected chi connectivity index (χ4v) is 3.03. The smallest absolute Gasteiger partial charge is 0.251 e. The molecule has 0 fully saturated rings. The van der Waals surface area contributed by atoms with Gasteiger partial charge >= 0.3 is 0 Å². The summed E-state index contributed by atoms with van der Waals surface area (Å²) in [5, 5.41) is 14.4. The molecule has 29 heavy (non-hydrogen) atoms. The van der Waals surface area contributed by atoms with E-state index in [1.165, 1.54) is 0 Å². The lowest BCUT2D eigenvalue weighted by atomic mass is 10.2. The first-order valence-corrected chi connectivity index (χ1v) is 9.40. The standard InChI is InChI=1S/C20H21N7O2/c1-2-27-19(23-24-25-27)13-29-16-7-5-6-15(12-16)20(28)21-10-11-26-14-22-17-8-3-4-9-18(17)26/h3-9,12,14H,2,10-11,13H2,1H3,(H,21,28). The summed E-state index contributed by atoms with van der Waals surface area (Å²) in [5.74, 6) is 1.07. The normalized spacial score (nSPS) is 10.9. The summed E-state index contributed by atoms with van der Waals surface area (Å²) in [6, 6.07) is 15.0. The van der Waals surface area contributed by atoms with Crippen LogP contribution in [0.5, 0.6) is 5.75 Å². The Hall–Kier alpha value is -3.75. The minimum Gasteiger partial charge on any atom is -0.486 e. The number of rotatable bonds is 8. The highest BCUT2D eigenvalue weighted by Crippen LogP contribution is 2.15. The Labute approximate surface area is 167 Å². The SMILES string of the molecule is CCn1nnnc1COc1cccc(C(=O)NCCn2cnc3ccccc32)c1. The molecule has 1 N–H and O–H groups in total. The number of nitrogens with zero attached hydrogens (tertiary/aromatic N) is 6. The number of fused-ring (bicyclic) bond motifs is 1. The van der Waals surface area contributed by atoms with E-state index in [0.29, 0.717) is 36.8 Å². The van der Waals surface area contributed by atoms with Crippen molar-refractivity contribution in [3.05, 3.63) is 66.2 Å². The van der Waals surface area contributed by atoms with Crippen molar-refractivity contribution in [2.45, 2.75) is 26.6 Å². The first kappa shape index (κ1) is 18.6. The zero-order chi connectivity index (χ0) is 20.1. The van der Waals surface area contributed by atoms with E-state index >= 15 is 0 Å². The van der Waals surface area contributed by atoms with Crippen molar-refractivity contribution in [1.82, 2.24) is 35.1 Å². The number of benzene rings is 2. The van der Waals surface area contributed by atoms with Crippen LogP contribution in [-0.2, 0) is 19.7 Å². The second-order valence-electron chi connectivity index (χ2n) is 6.41. The Morgan fingerprint density at radius 1 is 1.17 bits per heavy atom. The molecule has 0 bridgehead atoms. The molecule has 0 spiro atoms. The highest BCUT2D eigenvalue weighted by Gasteiger charge is 2.09. The van der Waals surface area contributed by atoms with Gasteiger partial charge in [-0.1, -0.05) is 18.2 Å². The molecular formula is C20H21N7O2. The Kier molecular flexibility index (Phi) is 5.46.